The van der Waals surface area contributed by atoms with E-state index in [1.807, 2.05) is 0 Å². The molecule has 1 aromatic rings. The first-order valence-corrected chi connectivity index (χ1v) is 4.01. The molecule has 0 aliphatic carbocycles. The highest BCUT2D eigenvalue weighted by atomic mass is 19.1. The Balaban J connectivity index is 2.61. The van der Waals surface area contributed by atoms with Crippen LogP contribution >= 0.6 is 0 Å². The van der Waals surface area contributed by atoms with Crippen LogP contribution in [0.25, 0.3) is 0 Å². The number of rotatable bonds is 3. The summed E-state index contributed by atoms with van der Waals surface area (Å²) in [6.07, 6.45) is 0. The van der Waals surface area contributed by atoms with E-state index >= 15 is 0 Å². The van der Waals surface area contributed by atoms with Crippen molar-refractivity contribution in [1.29, 1.82) is 0 Å². The SMILES string of the molecule is CC(=O)OCC(=O)c1ccc(F)cc1. The highest BCUT2D eigenvalue weighted by Gasteiger charge is 2.07. The Morgan fingerprint density at radius 2 is 1.86 bits per heavy atom. The second-order valence-electron chi connectivity index (χ2n) is 2.71. The number of ether oxygens (including phenoxy) is 1. The first-order valence-electron chi connectivity index (χ1n) is 4.01. The third-order valence-corrected chi connectivity index (χ3v) is 1.57. The summed E-state index contributed by atoms with van der Waals surface area (Å²) in [5.74, 6) is -1.27. The van der Waals surface area contributed by atoms with Gasteiger partial charge in [-0.1, -0.05) is 0 Å². The normalized spacial score (nSPS) is 9.57. The van der Waals surface area contributed by atoms with Crippen LogP contribution in [0.2, 0.25) is 0 Å². The number of hydrogen-bond donors (Lipinski definition) is 0. The van der Waals surface area contributed by atoms with E-state index in [9.17, 15) is 14.0 Å². The Kier molecular flexibility index (Phi) is 3.34. The van der Waals surface area contributed by atoms with Gasteiger partial charge in [0, 0.05) is 12.5 Å². The van der Waals surface area contributed by atoms with E-state index in [1.54, 1.807) is 0 Å². The molecule has 74 valence electrons. The lowest BCUT2D eigenvalue weighted by atomic mass is 10.1. The average molecular weight is 196 g/mol. The molecule has 0 unspecified atom stereocenters. The maximum absolute atomic E-state index is 12.5. The molecule has 1 rings (SSSR count). The van der Waals surface area contributed by atoms with E-state index in [2.05, 4.69) is 4.74 Å². The van der Waals surface area contributed by atoms with Gasteiger partial charge in [0.25, 0.3) is 0 Å². The maximum atomic E-state index is 12.5. The van der Waals surface area contributed by atoms with Crippen LogP contribution in [0.3, 0.4) is 0 Å². The highest BCUT2D eigenvalue weighted by Crippen LogP contribution is 2.03. The lowest BCUT2D eigenvalue weighted by Gasteiger charge is -2.00. The largest absolute Gasteiger partial charge is 0.457 e. The van der Waals surface area contributed by atoms with Crippen molar-refractivity contribution in [2.75, 3.05) is 6.61 Å². The van der Waals surface area contributed by atoms with Crippen LogP contribution in [-0.2, 0) is 9.53 Å². The molecule has 0 aliphatic heterocycles. The van der Waals surface area contributed by atoms with Gasteiger partial charge in [0.1, 0.15) is 5.82 Å². The van der Waals surface area contributed by atoms with Gasteiger partial charge in [-0.3, -0.25) is 9.59 Å². The Bertz CT molecular complexity index is 343. The Morgan fingerprint density at radius 1 is 1.29 bits per heavy atom. The molecular weight excluding hydrogens is 187 g/mol. The minimum absolute atomic E-state index is 0.305. The summed E-state index contributed by atoms with van der Waals surface area (Å²) >= 11 is 0. The molecule has 0 N–H and O–H groups in total. The molecule has 0 bridgehead atoms. The van der Waals surface area contributed by atoms with E-state index in [4.69, 9.17) is 0 Å². The van der Waals surface area contributed by atoms with Crippen molar-refractivity contribution >= 4 is 11.8 Å². The van der Waals surface area contributed by atoms with E-state index in [0.29, 0.717) is 5.56 Å². The molecule has 0 amide bonds. The number of hydrogen-bond acceptors (Lipinski definition) is 3. The number of carbonyl (C=O) groups is 2. The molecule has 0 aliphatic rings. The van der Waals surface area contributed by atoms with E-state index in [0.717, 1.165) is 0 Å². The van der Waals surface area contributed by atoms with Crippen molar-refractivity contribution < 1.29 is 18.7 Å². The number of benzene rings is 1. The van der Waals surface area contributed by atoms with Crippen LogP contribution in [0.5, 0.6) is 0 Å². The average Bonchev–Trinajstić information content (AvgIpc) is 2.15. The zero-order valence-corrected chi connectivity index (χ0v) is 7.62. The van der Waals surface area contributed by atoms with Crippen LogP contribution in [-0.4, -0.2) is 18.4 Å². The maximum Gasteiger partial charge on any atom is 0.303 e. The molecule has 0 saturated heterocycles. The van der Waals surface area contributed by atoms with Crippen molar-refractivity contribution in [2.24, 2.45) is 0 Å². The molecule has 4 heteroatoms. The van der Waals surface area contributed by atoms with Crippen molar-refractivity contribution in [3.05, 3.63) is 35.6 Å². The van der Waals surface area contributed by atoms with Crippen molar-refractivity contribution in [2.45, 2.75) is 6.92 Å². The van der Waals surface area contributed by atoms with Gasteiger partial charge in [-0.25, -0.2) is 4.39 Å². The number of ketones is 1. The molecule has 0 atom stereocenters. The van der Waals surface area contributed by atoms with Crippen molar-refractivity contribution in [3.63, 3.8) is 0 Å². The van der Waals surface area contributed by atoms with Crippen LogP contribution in [0.4, 0.5) is 4.39 Å². The molecule has 0 spiro atoms. The minimum Gasteiger partial charge on any atom is -0.457 e. The highest BCUT2D eigenvalue weighted by molar-refractivity contribution is 5.97. The Morgan fingerprint density at radius 3 is 2.36 bits per heavy atom. The zero-order chi connectivity index (χ0) is 10.6. The quantitative estimate of drug-likeness (QED) is 0.544. The fraction of sp³-hybridized carbons (Fsp3) is 0.200. The predicted molar refractivity (Wildman–Crippen MR) is 47.4 cm³/mol. The summed E-state index contributed by atoms with van der Waals surface area (Å²) < 4.78 is 17.0. The second kappa shape index (κ2) is 4.50. The standard InChI is InChI=1S/C10H9FO3/c1-7(12)14-6-10(13)8-2-4-9(11)5-3-8/h2-5H,6H2,1H3. The van der Waals surface area contributed by atoms with Gasteiger partial charge < -0.3 is 4.74 Å². The molecule has 0 radical (unpaired) electrons. The van der Waals surface area contributed by atoms with E-state index in [-0.39, 0.29) is 12.4 Å². The zero-order valence-electron chi connectivity index (χ0n) is 7.62. The third-order valence-electron chi connectivity index (χ3n) is 1.57. The molecule has 0 aromatic heterocycles. The van der Waals surface area contributed by atoms with Gasteiger partial charge >= 0.3 is 5.97 Å². The topological polar surface area (TPSA) is 43.4 Å². The number of carbonyl (C=O) groups excluding carboxylic acids is 2. The number of Topliss-reactive ketones (excluding diaryl/α,β-unsaturated/α-hetero) is 1. The summed E-state index contributed by atoms with van der Waals surface area (Å²) in [6, 6.07) is 5.06. The van der Waals surface area contributed by atoms with Crippen LogP contribution < -0.4 is 0 Å². The Labute approximate surface area is 80.5 Å². The van der Waals surface area contributed by atoms with Gasteiger partial charge in [-0.05, 0) is 24.3 Å². The third kappa shape index (κ3) is 2.97. The fourth-order valence-electron chi connectivity index (χ4n) is 0.886. The number of esters is 1. The summed E-state index contributed by atoms with van der Waals surface area (Å²) in [4.78, 5) is 21.7. The first-order chi connectivity index (χ1) is 6.59. The molecule has 0 fully saturated rings. The molecule has 0 saturated carbocycles. The monoisotopic (exact) mass is 196 g/mol. The van der Waals surface area contributed by atoms with Gasteiger partial charge in [-0.15, -0.1) is 0 Å². The molecule has 0 heterocycles. The second-order valence-corrected chi connectivity index (χ2v) is 2.71. The van der Waals surface area contributed by atoms with Crippen molar-refractivity contribution in [1.82, 2.24) is 0 Å². The predicted octanol–water partition coefficient (Wildman–Crippen LogP) is 1.57. The summed E-state index contributed by atoms with van der Waals surface area (Å²) in [5.41, 5.74) is 0.327. The minimum atomic E-state index is -0.513. The smallest absolute Gasteiger partial charge is 0.303 e. The molecular formula is C10H9FO3. The summed E-state index contributed by atoms with van der Waals surface area (Å²) in [7, 11) is 0. The van der Waals surface area contributed by atoms with E-state index < -0.39 is 11.8 Å². The van der Waals surface area contributed by atoms with Crippen LogP contribution in [0, 0.1) is 5.82 Å². The number of halogens is 1. The van der Waals surface area contributed by atoms with Gasteiger partial charge in [0.2, 0.25) is 0 Å². The van der Waals surface area contributed by atoms with Crippen molar-refractivity contribution in [3.8, 4) is 0 Å². The van der Waals surface area contributed by atoms with Gasteiger partial charge in [-0.2, -0.15) is 0 Å². The van der Waals surface area contributed by atoms with Gasteiger partial charge in [0.05, 0.1) is 0 Å². The molecule has 3 nitrogen and oxygen atoms in total. The first kappa shape index (κ1) is 10.4. The summed E-state index contributed by atoms with van der Waals surface area (Å²) in [5, 5.41) is 0. The lowest BCUT2D eigenvalue weighted by molar-refractivity contribution is -0.139. The molecule has 1 aromatic carbocycles. The van der Waals surface area contributed by atoms with Crippen LogP contribution in [0.1, 0.15) is 17.3 Å². The van der Waals surface area contributed by atoms with Gasteiger partial charge in [0.15, 0.2) is 12.4 Å². The van der Waals surface area contributed by atoms with Crippen LogP contribution in [0.15, 0.2) is 24.3 Å². The summed E-state index contributed by atoms with van der Waals surface area (Å²) in [6.45, 7) is 0.916. The fourth-order valence-corrected chi connectivity index (χ4v) is 0.886. The molecule has 14 heavy (non-hydrogen) atoms. The lowest BCUT2D eigenvalue weighted by Crippen LogP contribution is -2.11. The van der Waals surface area contributed by atoms with E-state index in [1.165, 1.54) is 31.2 Å². The Hall–Kier alpha value is -1.71.